The van der Waals surface area contributed by atoms with Crippen LogP contribution in [0.2, 0.25) is 0 Å². The van der Waals surface area contributed by atoms with E-state index >= 15 is 0 Å². The molecule has 0 aromatic rings. The zero-order valence-corrected chi connectivity index (χ0v) is 22.2. The summed E-state index contributed by atoms with van der Waals surface area (Å²) in [6.45, 7) is 14.1. The second-order valence-electron chi connectivity index (χ2n) is 10.6. The predicted octanol–water partition coefficient (Wildman–Crippen LogP) is 6.75. The van der Waals surface area contributed by atoms with Gasteiger partial charge in [-0.05, 0) is 56.1 Å². The molecule has 1 fully saturated rings. The highest BCUT2D eigenvalue weighted by molar-refractivity contribution is 6.01. The lowest BCUT2D eigenvalue weighted by molar-refractivity contribution is -0.158. The predicted molar refractivity (Wildman–Crippen MR) is 140 cm³/mol. The van der Waals surface area contributed by atoms with E-state index in [4.69, 9.17) is 9.47 Å². The molecule has 0 aromatic carbocycles. The molecule has 0 amide bonds. The average molecular weight is 483 g/mol. The first kappa shape index (κ1) is 28.5. The zero-order chi connectivity index (χ0) is 26.0. The standard InChI is InChI=1S/C30H42O5/c1-21(2)11-10-12-22(3)15-16-25-23(4)29(33)26(19-30(25,5)6)35-28(32)18-17-27(31)34-20-24-13-8-7-9-14-24/h10-12,15-16,24,26H,1,7-9,13-14,17-20H2,2-6H3. The maximum atomic E-state index is 13.0. The summed E-state index contributed by atoms with van der Waals surface area (Å²) in [6, 6.07) is 0. The van der Waals surface area contributed by atoms with Crippen molar-refractivity contribution in [3.63, 3.8) is 0 Å². The SMILES string of the molecule is C=C(C)C=CC=C(C)C=CC1=C(C)C(=O)C(OC(=O)CCC(=O)OCC2CCCCC2)CC1(C)C. The Morgan fingerprint density at radius 3 is 2.37 bits per heavy atom. The lowest BCUT2D eigenvalue weighted by Crippen LogP contribution is -2.39. The Bertz CT molecular complexity index is 922. The van der Waals surface area contributed by atoms with Gasteiger partial charge in [0.1, 0.15) is 0 Å². The van der Waals surface area contributed by atoms with Gasteiger partial charge in [0.05, 0.1) is 19.4 Å². The Morgan fingerprint density at radius 1 is 1.06 bits per heavy atom. The molecule has 0 spiro atoms. The van der Waals surface area contributed by atoms with Crippen LogP contribution in [0.1, 0.15) is 86.0 Å². The van der Waals surface area contributed by atoms with Gasteiger partial charge in [-0.15, -0.1) is 0 Å². The maximum Gasteiger partial charge on any atom is 0.307 e. The van der Waals surface area contributed by atoms with Gasteiger partial charge in [-0.3, -0.25) is 14.4 Å². The third-order valence-electron chi connectivity index (χ3n) is 6.76. The van der Waals surface area contributed by atoms with E-state index in [2.05, 4.69) is 6.58 Å². The minimum atomic E-state index is -0.831. The molecule has 5 nitrogen and oxygen atoms in total. The summed E-state index contributed by atoms with van der Waals surface area (Å²) >= 11 is 0. The summed E-state index contributed by atoms with van der Waals surface area (Å²) in [6.07, 6.45) is 15.1. The molecular weight excluding hydrogens is 440 g/mol. The van der Waals surface area contributed by atoms with Gasteiger partial charge in [-0.2, -0.15) is 0 Å². The summed E-state index contributed by atoms with van der Waals surface area (Å²) in [5.41, 5.74) is 3.24. The van der Waals surface area contributed by atoms with E-state index in [1.807, 2.05) is 58.1 Å². The Morgan fingerprint density at radius 2 is 1.71 bits per heavy atom. The molecule has 5 heteroatoms. The number of hydrogen-bond donors (Lipinski definition) is 0. The van der Waals surface area contributed by atoms with Crippen molar-refractivity contribution in [3.05, 3.63) is 59.3 Å². The third-order valence-corrected chi connectivity index (χ3v) is 6.76. The summed E-state index contributed by atoms with van der Waals surface area (Å²) < 4.78 is 10.9. The van der Waals surface area contributed by atoms with Crippen LogP contribution in [0.15, 0.2) is 59.3 Å². The van der Waals surface area contributed by atoms with Crippen LogP contribution in [0.4, 0.5) is 0 Å². The molecule has 192 valence electrons. The van der Waals surface area contributed by atoms with Gasteiger partial charge in [-0.1, -0.05) is 81.2 Å². The minimum Gasteiger partial charge on any atom is -0.465 e. The number of rotatable bonds is 10. The number of ether oxygens (including phenoxy) is 2. The van der Waals surface area contributed by atoms with Gasteiger partial charge >= 0.3 is 11.9 Å². The maximum absolute atomic E-state index is 13.0. The van der Waals surface area contributed by atoms with Crippen LogP contribution < -0.4 is 0 Å². The van der Waals surface area contributed by atoms with Crippen molar-refractivity contribution in [2.75, 3.05) is 6.61 Å². The molecule has 2 aliphatic carbocycles. The fourth-order valence-electron chi connectivity index (χ4n) is 4.69. The molecule has 1 saturated carbocycles. The molecule has 2 aliphatic rings. The van der Waals surface area contributed by atoms with Gasteiger partial charge in [0.15, 0.2) is 11.9 Å². The Balaban J connectivity index is 1.91. The van der Waals surface area contributed by atoms with E-state index < -0.39 is 12.1 Å². The number of carbonyl (C=O) groups excluding carboxylic acids is 3. The monoisotopic (exact) mass is 482 g/mol. The van der Waals surface area contributed by atoms with Crippen molar-refractivity contribution in [2.24, 2.45) is 11.3 Å². The smallest absolute Gasteiger partial charge is 0.307 e. The van der Waals surface area contributed by atoms with Crippen LogP contribution in [0, 0.1) is 11.3 Å². The largest absolute Gasteiger partial charge is 0.465 e. The van der Waals surface area contributed by atoms with Crippen LogP contribution >= 0.6 is 0 Å². The van der Waals surface area contributed by atoms with Crippen molar-refractivity contribution in [1.82, 2.24) is 0 Å². The van der Waals surface area contributed by atoms with Crippen LogP contribution in [-0.4, -0.2) is 30.4 Å². The topological polar surface area (TPSA) is 69.7 Å². The van der Waals surface area contributed by atoms with Crippen molar-refractivity contribution >= 4 is 17.7 Å². The minimum absolute atomic E-state index is 0.0237. The molecular formula is C30H42O5. The van der Waals surface area contributed by atoms with Gasteiger partial charge < -0.3 is 9.47 Å². The molecule has 1 unspecified atom stereocenters. The highest BCUT2D eigenvalue weighted by Crippen LogP contribution is 2.40. The molecule has 0 heterocycles. The summed E-state index contributed by atoms with van der Waals surface area (Å²) in [5, 5.41) is 0. The summed E-state index contributed by atoms with van der Waals surface area (Å²) in [5.74, 6) is -0.663. The first-order valence-electron chi connectivity index (χ1n) is 12.8. The van der Waals surface area contributed by atoms with E-state index in [-0.39, 0.29) is 30.0 Å². The Labute approximate surface area is 211 Å². The average Bonchev–Trinajstić information content (AvgIpc) is 2.79. The van der Waals surface area contributed by atoms with E-state index in [0.717, 1.165) is 29.6 Å². The first-order valence-corrected chi connectivity index (χ1v) is 12.8. The molecule has 1 atom stereocenters. The van der Waals surface area contributed by atoms with Crippen molar-refractivity contribution in [1.29, 1.82) is 0 Å². The summed E-state index contributed by atoms with van der Waals surface area (Å²) in [7, 11) is 0. The van der Waals surface area contributed by atoms with Gasteiger partial charge in [-0.25, -0.2) is 0 Å². The van der Waals surface area contributed by atoms with Crippen LogP contribution in [0.3, 0.4) is 0 Å². The quantitative estimate of drug-likeness (QED) is 0.254. The Hall–Kier alpha value is -2.69. The first-order chi connectivity index (χ1) is 16.5. The number of allylic oxidation sites excluding steroid dienone is 8. The van der Waals surface area contributed by atoms with Gasteiger partial charge in [0.2, 0.25) is 0 Å². The van der Waals surface area contributed by atoms with E-state index in [1.54, 1.807) is 6.92 Å². The lowest BCUT2D eigenvalue weighted by atomic mass is 9.71. The Kier molecular flexibility index (Phi) is 10.9. The highest BCUT2D eigenvalue weighted by atomic mass is 16.5. The molecule has 0 radical (unpaired) electrons. The number of hydrogen-bond acceptors (Lipinski definition) is 5. The molecule has 0 bridgehead atoms. The van der Waals surface area contributed by atoms with Crippen LogP contribution in [0.25, 0.3) is 0 Å². The fourth-order valence-corrected chi connectivity index (χ4v) is 4.69. The second kappa shape index (κ2) is 13.4. The molecule has 0 aromatic heterocycles. The highest BCUT2D eigenvalue weighted by Gasteiger charge is 2.39. The van der Waals surface area contributed by atoms with Crippen molar-refractivity contribution in [3.8, 4) is 0 Å². The van der Waals surface area contributed by atoms with Crippen molar-refractivity contribution in [2.45, 2.75) is 92.1 Å². The number of carbonyl (C=O) groups is 3. The molecule has 0 saturated heterocycles. The van der Waals surface area contributed by atoms with Gasteiger partial charge in [0, 0.05) is 6.42 Å². The van der Waals surface area contributed by atoms with Crippen LogP contribution in [-0.2, 0) is 23.9 Å². The third kappa shape index (κ3) is 9.46. The molecule has 0 N–H and O–H groups in total. The van der Waals surface area contributed by atoms with E-state index in [1.165, 1.54) is 19.3 Å². The number of ketones is 1. The van der Waals surface area contributed by atoms with Crippen molar-refractivity contribution < 1.29 is 23.9 Å². The molecule has 0 aliphatic heterocycles. The number of Topliss-reactive ketones (excluding diaryl/α,β-unsaturated/α-hetero) is 1. The molecule has 35 heavy (non-hydrogen) atoms. The summed E-state index contributed by atoms with van der Waals surface area (Å²) in [4.78, 5) is 37.4. The van der Waals surface area contributed by atoms with E-state index in [9.17, 15) is 14.4 Å². The van der Waals surface area contributed by atoms with Crippen LogP contribution in [0.5, 0.6) is 0 Å². The second-order valence-corrected chi connectivity index (χ2v) is 10.6. The molecule has 2 rings (SSSR count). The fraction of sp³-hybridized carbons (Fsp3) is 0.567. The van der Waals surface area contributed by atoms with Gasteiger partial charge in [0.25, 0.3) is 0 Å². The number of esters is 2. The van der Waals surface area contributed by atoms with E-state index in [0.29, 0.717) is 24.5 Å². The zero-order valence-electron chi connectivity index (χ0n) is 22.2. The normalized spacial score (nSPS) is 21.6. The lowest BCUT2D eigenvalue weighted by Gasteiger charge is -2.36.